The third-order valence-electron chi connectivity index (χ3n) is 3.37. The van der Waals surface area contributed by atoms with Gasteiger partial charge in [0, 0.05) is 16.5 Å². The molecule has 2 unspecified atom stereocenters. The maximum atomic E-state index is 12.5. The first-order valence-corrected chi connectivity index (χ1v) is 8.20. The number of hydrogen-bond donors (Lipinski definition) is 1. The summed E-state index contributed by atoms with van der Waals surface area (Å²) in [7, 11) is 0.526. The fourth-order valence-corrected chi connectivity index (χ4v) is 3.40. The third kappa shape index (κ3) is 3.93. The van der Waals surface area contributed by atoms with Crippen molar-refractivity contribution >= 4 is 10.8 Å². The smallest absolute Gasteiger partial charge is 0.123 e. The van der Waals surface area contributed by atoms with Crippen molar-refractivity contribution in [2.75, 3.05) is 7.11 Å². The molecule has 3 nitrogen and oxygen atoms in total. The Morgan fingerprint density at radius 1 is 1.24 bits per heavy atom. The molecule has 0 aromatic heterocycles. The normalized spacial score (nSPS) is 13.7. The van der Waals surface area contributed by atoms with Gasteiger partial charge in [0.1, 0.15) is 5.75 Å². The first-order chi connectivity index (χ1) is 10.0. The molecule has 0 heterocycles. The monoisotopic (exact) mass is 303 g/mol. The molecule has 0 fully saturated rings. The quantitative estimate of drug-likeness (QED) is 0.921. The van der Waals surface area contributed by atoms with Crippen molar-refractivity contribution in [2.45, 2.75) is 30.5 Å². The summed E-state index contributed by atoms with van der Waals surface area (Å²) in [6.45, 7) is 3.93. The van der Waals surface area contributed by atoms with Crippen LogP contribution in [0.1, 0.15) is 29.7 Å². The summed E-state index contributed by atoms with van der Waals surface area (Å²) >= 11 is 0. The van der Waals surface area contributed by atoms with Crippen molar-refractivity contribution in [3.63, 3.8) is 0 Å². The van der Waals surface area contributed by atoms with Crippen LogP contribution in [0, 0.1) is 6.92 Å². The van der Waals surface area contributed by atoms with E-state index in [0.717, 1.165) is 27.3 Å². The van der Waals surface area contributed by atoms with Crippen molar-refractivity contribution in [2.24, 2.45) is 5.73 Å². The second-order valence-electron chi connectivity index (χ2n) is 5.17. The van der Waals surface area contributed by atoms with Crippen molar-refractivity contribution in [3.8, 4) is 5.75 Å². The van der Waals surface area contributed by atoms with E-state index in [2.05, 4.69) is 0 Å². The van der Waals surface area contributed by atoms with Crippen LogP contribution >= 0.6 is 0 Å². The molecule has 0 radical (unpaired) electrons. The predicted molar refractivity (Wildman–Crippen MR) is 86.9 cm³/mol. The summed E-state index contributed by atoms with van der Waals surface area (Å²) in [4.78, 5) is 0.836. The Morgan fingerprint density at radius 3 is 2.62 bits per heavy atom. The average molecular weight is 303 g/mol. The fraction of sp³-hybridized carbons (Fsp3) is 0.294. The molecule has 0 spiro atoms. The molecule has 0 saturated carbocycles. The molecule has 2 N–H and O–H groups in total. The minimum Gasteiger partial charge on any atom is -0.496 e. The van der Waals surface area contributed by atoms with E-state index in [-0.39, 0.29) is 6.04 Å². The lowest BCUT2D eigenvalue weighted by Crippen LogP contribution is -2.07. The van der Waals surface area contributed by atoms with Crippen LogP contribution in [0.3, 0.4) is 0 Å². The topological polar surface area (TPSA) is 52.3 Å². The van der Waals surface area contributed by atoms with Crippen molar-refractivity contribution in [1.82, 2.24) is 0 Å². The highest BCUT2D eigenvalue weighted by Crippen LogP contribution is 2.25. The molecule has 0 bridgehead atoms. The molecular formula is C17H21NO2S. The summed E-state index contributed by atoms with van der Waals surface area (Å²) in [6.07, 6.45) is 0. The number of aryl methyl sites for hydroxylation is 1. The van der Waals surface area contributed by atoms with Crippen molar-refractivity contribution in [1.29, 1.82) is 0 Å². The zero-order valence-corrected chi connectivity index (χ0v) is 13.4. The maximum Gasteiger partial charge on any atom is 0.123 e. The number of nitrogens with two attached hydrogens (primary N) is 1. The number of benzene rings is 2. The zero-order chi connectivity index (χ0) is 15.4. The van der Waals surface area contributed by atoms with Crippen LogP contribution < -0.4 is 10.5 Å². The van der Waals surface area contributed by atoms with Crippen LogP contribution in [0.2, 0.25) is 0 Å². The zero-order valence-electron chi connectivity index (χ0n) is 12.6. The van der Waals surface area contributed by atoms with E-state index in [4.69, 9.17) is 10.5 Å². The van der Waals surface area contributed by atoms with Crippen LogP contribution in [-0.2, 0) is 16.6 Å². The Bertz CT molecular complexity index is 653. The molecule has 112 valence electrons. The molecule has 0 aliphatic rings. The fourth-order valence-electron chi connectivity index (χ4n) is 2.18. The molecule has 2 atom stereocenters. The van der Waals surface area contributed by atoms with Gasteiger partial charge in [-0.15, -0.1) is 0 Å². The summed E-state index contributed by atoms with van der Waals surface area (Å²) < 4.78 is 17.9. The largest absolute Gasteiger partial charge is 0.496 e. The predicted octanol–water partition coefficient (Wildman–Crippen LogP) is 3.33. The standard InChI is InChI=1S/C17H21NO2S/c1-12-5-4-6-16(9-12)21(19)11-15-10-14(13(2)18)7-8-17(15)20-3/h4-10,13H,11,18H2,1-3H3. The van der Waals surface area contributed by atoms with Crippen LogP contribution in [-0.4, -0.2) is 11.3 Å². The van der Waals surface area contributed by atoms with E-state index in [1.165, 1.54) is 0 Å². The molecule has 4 heteroatoms. The summed E-state index contributed by atoms with van der Waals surface area (Å²) in [6, 6.07) is 13.5. The summed E-state index contributed by atoms with van der Waals surface area (Å²) in [5.41, 5.74) is 8.97. The van der Waals surface area contributed by atoms with E-state index in [1.54, 1.807) is 7.11 Å². The van der Waals surface area contributed by atoms with E-state index in [1.807, 2.05) is 56.3 Å². The highest BCUT2D eigenvalue weighted by atomic mass is 32.2. The molecule has 2 aromatic carbocycles. The molecule has 0 aliphatic carbocycles. The molecule has 0 saturated heterocycles. The Kier molecular flexibility index (Phi) is 5.15. The molecule has 2 rings (SSSR count). The van der Waals surface area contributed by atoms with Crippen LogP contribution in [0.15, 0.2) is 47.4 Å². The minimum atomic E-state index is -1.10. The van der Waals surface area contributed by atoms with Gasteiger partial charge in [-0.1, -0.05) is 18.2 Å². The minimum absolute atomic E-state index is 0.0536. The van der Waals surface area contributed by atoms with E-state index < -0.39 is 10.8 Å². The molecule has 21 heavy (non-hydrogen) atoms. The average Bonchev–Trinajstić information content (AvgIpc) is 2.47. The Hall–Kier alpha value is -1.65. The van der Waals surface area contributed by atoms with Gasteiger partial charge in [-0.2, -0.15) is 0 Å². The molecular weight excluding hydrogens is 282 g/mol. The summed E-state index contributed by atoms with van der Waals surface area (Å²) in [5, 5.41) is 0. The molecule has 0 amide bonds. The van der Waals surface area contributed by atoms with Gasteiger partial charge in [0.15, 0.2) is 0 Å². The van der Waals surface area contributed by atoms with Gasteiger partial charge in [-0.3, -0.25) is 4.21 Å². The Labute approximate surface area is 128 Å². The van der Waals surface area contributed by atoms with Gasteiger partial charge in [0.2, 0.25) is 0 Å². The lowest BCUT2D eigenvalue weighted by atomic mass is 10.1. The molecule has 2 aromatic rings. The number of ether oxygens (including phenoxy) is 1. The first kappa shape index (κ1) is 15.7. The lowest BCUT2D eigenvalue weighted by Gasteiger charge is -2.13. The van der Waals surface area contributed by atoms with Gasteiger partial charge in [-0.05, 0) is 49.2 Å². The number of rotatable bonds is 5. The Balaban J connectivity index is 2.29. The highest BCUT2D eigenvalue weighted by molar-refractivity contribution is 7.84. The van der Waals surface area contributed by atoms with Crippen molar-refractivity contribution in [3.05, 3.63) is 59.2 Å². The van der Waals surface area contributed by atoms with Crippen molar-refractivity contribution < 1.29 is 8.95 Å². The summed E-state index contributed by atoms with van der Waals surface area (Å²) in [5.74, 6) is 1.17. The van der Waals surface area contributed by atoms with Gasteiger partial charge in [0.25, 0.3) is 0 Å². The van der Waals surface area contributed by atoms with Gasteiger partial charge in [0.05, 0.1) is 23.7 Å². The highest BCUT2D eigenvalue weighted by Gasteiger charge is 2.12. The van der Waals surface area contributed by atoms with E-state index >= 15 is 0 Å². The lowest BCUT2D eigenvalue weighted by molar-refractivity contribution is 0.411. The number of methoxy groups -OCH3 is 1. The van der Waals surface area contributed by atoms with Crippen LogP contribution in [0.4, 0.5) is 0 Å². The maximum absolute atomic E-state index is 12.5. The van der Waals surface area contributed by atoms with Crippen LogP contribution in [0.25, 0.3) is 0 Å². The van der Waals surface area contributed by atoms with Gasteiger partial charge < -0.3 is 10.5 Å². The number of hydrogen-bond acceptors (Lipinski definition) is 3. The SMILES string of the molecule is COc1ccc(C(C)N)cc1CS(=O)c1cccc(C)c1. The van der Waals surface area contributed by atoms with Gasteiger partial charge in [-0.25, -0.2) is 0 Å². The van der Waals surface area contributed by atoms with Crippen LogP contribution in [0.5, 0.6) is 5.75 Å². The van der Waals surface area contributed by atoms with E-state index in [9.17, 15) is 4.21 Å². The second kappa shape index (κ2) is 6.87. The van der Waals surface area contributed by atoms with E-state index in [0.29, 0.717) is 5.75 Å². The molecule has 0 aliphatic heterocycles. The van der Waals surface area contributed by atoms with Gasteiger partial charge >= 0.3 is 0 Å². The third-order valence-corrected chi connectivity index (χ3v) is 4.72. The first-order valence-electron chi connectivity index (χ1n) is 6.88. The second-order valence-corrected chi connectivity index (χ2v) is 6.62. The Morgan fingerprint density at radius 2 is 2.00 bits per heavy atom.